The van der Waals surface area contributed by atoms with E-state index >= 15 is 0 Å². The highest BCUT2D eigenvalue weighted by atomic mass is 79.9. The van der Waals surface area contributed by atoms with E-state index in [1.807, 2.05) is 30.3 Å². The number of halogens is 1. The molecular formula is C15H12BrN. The second kappa shape index (κ2) is 6.16. The molecular weight excluding hydrogens is 274 g/mol. The van der Waals surface area contributed by atoms with Gasteiger partial charge in [0.15, 0.2) is 0 Å². The summed E-state index contributed by atoms with van der Waals surface area (Å²) in [6, 6.07) is 20.3. The Morgan fingerprint density at radius 3 is 2.00 bits per heavy atom. The zero-order valence-electron chi connectivity index (χ0n) is 9.25. The van der Waals surface area contributed by atoms with Gasteiger partial charge in [0.25, 0.3) is 0 Å². The van der Waals surface area contributed by atoms with Crippen molar-refractivity contribution in [2.45, 2.75) is 0 Å². The number of pyridine rings is 1. The van der Waals surface area contributed by atoms with Crippen molar-refractivity contribution in [3.05, 3.63) is 77.5 Å². The molecule has 0 amide bonds. The Labute approximate surface area is 109 Å². The monoisotopic (exact) mass is 285 g/mol. The van der Waals surface area contributed by atoms with Crippen molar-refractivity contribution >= 4 is 26.7 Å². The van der Waals surface area contributed by atoms with Crippen LogP contribution in [-0.2, 0) is 0 Å². The van der Waals surface area contributed by atoms with Crippen LogP contribution in [0.5, 0.6) is 0 Å². The van der Waals surface area contributed by atoms with Gasteiger partial charge >= 0.3 is 0 Å². The summed E-state index contributed by atoms with van der Waals surface area (Å²) in [6.07, 6.45) is 3.50. The Kier molecular flexibility index (Phi) is 4.28. The smallest absolute Gasteiger partial charge is 0.0267 e. The van der Waals surface area contributed by atoms with E-state index in [1.165, 1.54) is 10.8 Å². The van der Waals surface area contributed by atoms with Crippen molar-refractivity contribution in [1.82, 2.24) is 4.98 Å². The number of hydrogen-bond acceptors (Lipinski definition) is 1. The molecule has 0 spiro atoms. The standard InChI is InChI=1S/C10H7Br.C5H5N/c11-10-7-3-5-8-4-1-2-6-9(8)10;1-2-4-6-5-3-1/h1-7H;1-5H. The molecule has 0 fully saturated rings. The molecule has 1 nitrogen and oxygen atoms in total. The van der Waals surface area contributed by atoms with Crippen molar-refractivity contribution < 1.29 is 0 Å². The lowest BCUT2D eigenvalue weighted by Gasteiger charge is -1.97. The van der Waals surface area contributed by atoms with Crippen molar-refractivity contribution in [2.24, 2.45) is 0 Å². The average Bonchev–Trinajstić information content (AvgIpc) is 2.42. The molecule has 1 aromatic heterocycles. The second-order valence-corrected chi connectivity index (χ2v) is 4.34. The third-order valence-electron chi connectivity index (χ3n) is 2.30. The lowest BCUT2D eigenvalue weighted by Crippen LogP contribution is -1.71. The summed E-state index contributed by atoms with van der Waals surface area (Å²) in [5, 5.41) is 2.55. The molecule has 0 radical (unpaired) electrons. The van der Waals surface area contributed by atoms with Gasteiger partial charge in [0.1, 0.15) is 0 Å². The van der Waals surface area contributed by atoms with Gasteiger partial charge in [0.05, 0.1) is 0 Å². The molecule has 0 atom stereocenters. The van der Waals surface area contributed by atoms with Crippen LogP contribution in [0.4, 0.5) is 0 Å². The predicted molar refractivity (Wildman–Crippen MR) is 75.9 cm³/mol. The third kappa shape index (κ3) is 3.40. The zero-order chi connectivity index (χ0) is 11.9. The van der Waals surface area contributed by atoms with E-state index in [1.54, 1.807) is 12.4 Å². The summed E-state index contributed by atoms with van der Waals surface area (Å²) in [5.41, 5.74) is 0. The van der Waals surface area contributed by atoms with E-state index in [0.29, 0.717) is 0 Å². The van der Waals surface area contributed by atoms with Gasteiger partial charge in [-0.05, 0) is 29.0 Å². The maximum Gasteiger partial charge on any atom is 0.0267 e. The molecule has 1 heterocycles. The fraction of sp³-hybridized carbons (Fsp3) is 0. The van der Waals surface area contributed by atoms with Gasteiger partial charge < -0.3 is 0 Å². The number of aromatic nitrogens is 1. The van der Waals surface area contributed by atoms with E-state index in [9.17, 15) is 0 Å². The number of fused-ring (bicyclic) bond motifs is 1. The predicted octanol–water partition coefficient (Wildman–Crippen LogP) is 4.68. The molecule has 0 aliphatic carbocycles. The highest BCUT2D eigenvalue weighted by Crippen LogP contribution is 2.22. The van der Waals surface area contributed by atoms with Gasteiger partial charge in [-0.2, -0.15) is 0 Å². The molecule has 3 aromatic rings. The number of hydrogen-bond donors (Lipinski definition) is 0. The Morgan fingerprint density at radius 1 is 0.706 bits per heavy atom. The van der Waals surface area contributed by atoms with Crippen molar-refractivity contribution in [2.75, 3.05) is 0 Å². The molecule has 2 aromatic carbocycles. The molecule has 0 saturated heterocycles. The SMILES string of the molecule is Brc1cccc2ccccc12.c1ccncc1. The summed E-state index contributed by atoms with van der Waals surface area (Å²) < 4.78 is 1.16. The van der Waals surface area contributed by atoms with Gasteiger partial charge in [-0.25, -0.2) is 0 Å². The molecule has 84 valence electrons. The first-order valence-corrected chi connectivity index (χ1v) is 6.15. The van der Waals surface area contributed by atoms with Crippen LogP contribution >= 0.6 is 15.9 Å². The minimum atomic E-state index is 1.16. The lowest BCUT2D eigenvalue weighted by molar-refractivity contribution is 1.33. The first kappa shape index (κ1) is 11.8. The van der Waals surface area contributed by atoms with E-state index < -0.39 is 0 Å². The maximum absolute atomic E-state index is 3.78. The summed E-state index contributed by atoms with van der Waals surface area (Å²) in [4.78, 5) is 3.78. The van der Waals surface area contributed by atoms with Gasteiger partial charge in [-0.1, -0.05) is 58.4 Å². The molecule has 0 bridgehead atoms. The van der Waals surface area contributed by atoms with E-state index in [0.717, 1.165) is 4.47 Å². The van der Waals surface area contributed by atoms with Crippen LogP contribution in [0.3, 0.4) is 0 Å². The van der Waals surface area contributed by atoms with E-state index in [2.05, 4.69) is 51.2 Å². The van der Waals surface area contributed by atoms with Crippen LogP contribution in [0.25, 0.3) is 10.8 Å². The largest absolute Gasteiger partial charge is 0.265 e. The van der Waals surface area contributed by atoms with Gasteiger partial charge in [-0.3, -0.25) is 4.98 Å². The summed E-state index contributed by atoms with van der Waals surface area (Å²) >= 11 is 3.50. The molecule has 17 heavy (non-hydrogen) atoms. The average molecular weight is 286 g/mol. The first-order valence-electron chi connectivity index (χ1n) is 5.36. The summed E-state index contributed by atoms with van der Waals surface area (Å²) in [5.74, 6) is 0. The maximum atomic E-state index is 3.78. The van der Waals surface area contributed by atoms with Crippen LogP contribution in [-0.4, -0.2) is 4.98 Å². The fourth-order valence-corrected chi connectivity index (χ4v) is 2.01. The highest BCUT2D eigenvalue weighted by Gasteiger charge is 1.93. The summed E-state index contributed by atoms with van der Waals surface area (Å²) in [6.45, 7) is 0. The highest BCUT2D eigenvalue weighted by molar-refractivity contribution is 9.10. The van der Waals surface area contributed by atoms with Gasteiger partial charge in [0.2, 0.25) is 0 Å². The number of benzene rings is 2. The van der Waals surface area contributed by atoms with Gasteiger partial charge in [0, 0.05) is 16.9 Å². The fourth-order valence-electron chi connectivity index (χ4n) is 1.50. The number of rotatable bonds is 0. The van der Waals surface area contributed by atoms with Crippen LogP contribution in [0.1, 0.15) is 0 Å². The van der Waals surface area contributed by atoms with Crippen molar-refractivity contribution in [3.8, 4) is 0 Å². The molecule has 2 heteroatoms. The Bertz CT molecular complexity index is 546. The minimum absolute atomic E-state index is 1.16. The normalized spacial score (nSPS) is 9.47. The van der Waals surface area contributed by atoms with Crippen LogP contribution in [0.15, 0.2) is 77.5 Å². The van der Waals surface area contributed by atoms with Crippen LogP contribution in [0, 0.1) is 0 Å². The second-order valence-electron chi connectivity index (χ2n) is 3.49. The molecule has 0 aliphatic heterocycles. The van der Waals surface area contributed by atoms with Crippen LogP contribution < -0.4 is 0 Å². The van der Waals surface area contributed by atoms with E-state index in [-0.39, 0.29) is 0 Å². The van der Waals surface area contributed by atoms with Crippen LogP contribution in [0.2, 0.25) is 0 Å². The third-order valence-corrected chi connectivity index (χ3v) is 2.99. The van der Waals surface area contributed by atoms with Crippen molar-refractivity contribution in [3.63, 3.8) is 0 Å². The number of nitrogens with zero attached hydrogens (tertiary/aromatic N) is 1. The molecule has 0 unspecified atom stereocenters. The molecule has 0 saturated carbocycles. The van der Waals surface area contributed by atoms with Gasteiger partial charge in [-0.15, -0.1) is 0 Å². The summed E-state index contributed by atoms with van der Waals surface area (Å²) in [7, 11) is 0. The molecule has 0 aliphatic rings. The Morgan fingerprint density at radius 2 is 1.41 bits per heavy atom. The van der Waals surface area contributed by atoms with E-state index in [4.69, 9.17) is 0 Å². The zero-order valence-corrected chi connectivity index (χ0v) is 10.8. The van der Waals surface area contributed by atoms with Crippen molar-refractivity contribution in [1.29, 1.82) is 0 Å². The first-order chi connectivity index (χ1) is 8.38. The minimum Gasteiger partial charge on any atom is -0.265 e. The quantitative estimate of drug-likeness (QED) is 0.584. The Balaban J connectivity index is 0.000000153. The molecule has 0 N–H and O–H groups in total. The lowest BCUT2D eigenvalue weighted by atomic mass is 10.1. The molecule has 3 rings (SSSR count). The topological polar surface area (TPSA) is 12.9 Å². The Hall–Kier alpha value is -1.67.